The molecular weight excluding hydrogens is 474 g/mol. The van der Waals surface area contributed by atoms with Gasteiger partial charge in [0.2, 0.25) is 5.91 Å². The van der Waals surface area contributed by atoms with E-state index < -0.39 is 34.9 Å². The van der Waals surface area contributed by atoms with Crippen molar-refractivity contribution in [1.29, 1.82) is 5.26 Å². The van der Waals surface area contributed by atoms with Gasteiger partial charge in [-0.2, -0.15) is 18.4 Å². The lowest BCUT2D eigenvalue weighted by Gasteiger charge is -2.31. The highest BCUT2D eigenvalue weighted by molar-refractivity contribution is 7.81. The van der Waals surface area contributed by atoms with Crippen LogP contribution in [0.15, 0.2) is 36.4 Å². The number of nitrogens with zero attached hydrogens (tertiary/aromatic N) is 3. The fourth-order valence-electron chi connectivity index (χ4n) is 3.02. The van der Waals surface area contributed by atoms with E-state index in [1.807, 2.05) is 0 Å². The van der Waals surface area contributed by atoms with E-state index in [2.05, 4.69) is 0 Å². The Morgan fingerprint density at radius 3 is 2.44 bits per heavy atom. The van der Waals surface area contributed by atoms with Crippen molar-refractivity contribution in [3.8, 4) is 11.8 Å². The van der Waals surface area contributed by atoms with E-state index in [1.54, 1.807) is 13.8 Å². The van der Waals surface area contributed by atoms with Gasteiger partial charge in [0.05, 0.1) is 29.5 Å². The molecule has 34 heavy (non-hydrogen) atoms. The smallest absolute Gasteiger partial charge is 0.417 e. The molecule has 1 amide bonds. The number of ether oxygens (including phenoxy) is 2. The van der Waals surface area contributed by atoms with Crippen molar-refractivity contribution in [1.82, 2.24) is 0 Å². The number of carbonyl (C=O) groups excluding carboxylic acids is 1. The maximum absolute atomic E-state index is 14.6. The molecule has 1 heterocycles. The molecule has 2 aromatic carbocycles. The minimum Gasteiger partial charge on any atom is -0.488 e. The molecule has 0 aliphatic carbocycles. The van der Waals surface area contributed by atoms with Crippen molar-refractivity contribution >= 4 is 34.6 Å². The van der Waals surface area contributed by atoms with Crippen LogP contribution in [0.2, 0.25) is 0 Å². The molecule has 180 valence electrons. The number of alkyl halides is 3. The zero-order valence-electron chi connectivity index (χ0n) is 18.5. The second-order valence-electron chi connectivity index (χ2n) is 7.89. The Hall–Kier alpha value is -3.23. The van der Waals surface area contributed by atoms with Crippen LogP contribution in [-0.4, -0.2) is 37.4 Å². The number of epoxide rings is 1. The van der Waals surface area contributed by atoms with E-state index in [9.17, 15) is 22.4 Å². The fourth-order valence-corrected chi connectivity index (χ4v) is 3.32. The van der Waals surface area contributed by atoms with Crippen LogP contribution < -0.4 is 14.5 Å². The largest absolute Gasteiger partial charge is 0.488 e. The van der Waals surface area contributed by atoms with Crippen molar-refractivity contribution in [3.05, 3.63) is 53.3 Å². The van der Waals surface area contributed by atoms with Gasteiger partial charge < -0.3 is 14.4 Å². The predicted molar refractivity (Wildman–Crippen MR) is 121 cm³/mol. The maximum atomic E-state index is 14.6. The molecule has 1 saturated heterocycles. The fraction of sp³-hybridized carbons (Fsp3) is 0.348. The summed E-state index contributed by atoms with van der Waals surface area (Å²) in [6.07, 6.45) is -4.87. The zero-order chi connectivity index (χ0) is 25.2. The van der Waals surface area contributed by atoms with E-state index in [0.717, 1.165) is 17.0 Å². The highest BCUT2D eigenvalue weighted by atomic mass is 32.1. The van der Waals surface area contributed by atoms with Crippen LogP contribution in [0.3, 0.4) is 0 Å². The first-order chi connectivity index (χ1) is 15.9. The first-order valence-corrected chi connectivity index (χ1v) is 10.6. The molecule has 1 aliphatic rings. The Morgan fingerprint density at radius 1 is 1.26 bits per heavy atom. The van der Waals surface area contributed by atoms with Gasteiger partial charge in [0, 0.05) is 24.7 Å². The van der Waals surface area contributed by atoms with Gasteiger partial charge in [-0.15, -0.1) is 0 Å². The molecule has 1 unspecified atom stereocenters. The Morgan fingerprint density at radius 2 is 1.91 bits per heavy atom. The molecule has 0 radical (unpaired) electrons. The van der Waals surface area contributed by atoms with Gasteiger partial charge in [0.15, 0.2) is 16.7 Å². The van der Waals surface area contributed by atoms with Gasteiger partial charge >= 0.3 is 6.18 Å². The molecule has 2 aromatic rings. The van der Waals surface area contributed by atoms with Gasteiger partial charge in [-0.1, -0.05) is 13.8 Å². The lowest BCUT2D eigenvalue weighted by molar-refractivity contribution is -0.137. The number of nitriles is 1. The molecule has 0 aromatic heterocycles. The average molecular weight is 495 g/mol. The normalized spacial score (nSPS) is 15.0. The minimum atomic E-state index is -4.81. The molecule has 11 heteroatoms. The monoisotopic (exact) mass is 495 g/mol. The number of rotatable bonds is 6. The lowest BCUT2D eigenvalue weighted by atomic mass is 10.1. The van der Waals surface area contributed by atoms with Crippen LogP contribution in [0, 0.1) is 23.1 Å². The van der Waals surface area contributed by atoms with Crippen molar-refractivity contribution in [3.63, 3.8) is 0 Å². The Kier molecular flexibility index (Phi) is 7.43. The summed E-state index contributed by atoms with van der Waals surface area (Å²) in [6, 6.07) is 8.45. The summed E-state index contributed by atoms with van der Waals surface area (Å²) in [5.74, 6) is -1.85. The van der Waals surface area contributed by atoms with Crippen LogP contribution in [0.5, 0.6) is 5.75 Å². The van der Waals surface area contributed by atoms with E-state index >= 15 is 0 Å². The molecule has 0 spiro atoms. The van der Waals surface area contributed by atoms with E-state index in [4.69, 9.17) is 27.0 Å². The first-order valence-electron chi connectivity index (χ1n) is 10.2. The summed E-state index contributed by atoms with van der Waals surface area (Å²) in [6.45, 7) is 3.91. The quantitative estimate of drug-likeness (QED) is 0.323. The second-order valence-corrected chi connectivity index (χ2v) is 8.26. The molecule has 3 rings (SSSR count). The Labute approximate surface area is 199 Å². The number of hydrogen-bond donors (Lipinski definition) is 0. The number of anilines is 2. The molecule has 6 nitrogen and oxygen atoms in total. The third kappa shape index (κ3) is 5.63. The molecule has 0 bridgehead atoms. The number of halogens is 4. The number of thiocarbonyl (C=S) groups is 1. The molecule has 0 saturated carbocycles. The third-order valence-electron chi connectivity index (χ3n) is 5.01. The highest BCUT2D eigenvalue weighted by Crippen LogP contribution is 2.35. The van der Waals surface area contributed by atoms with E-state index in [0.29, 0.717) is 12.7 Å². The van der Waals surface area contributed by atoms with Gasteiger partial charge in [-0.3, -0.25) is 9.69 Å². The molecule has 1 fully saturated rings. The Bertz CT molecular complexity index is 1140. The van der Waals surface area contributed by atoms with E-state index in [-0.39, 0.29) is 34.9 Å². The third-order valence-corrected chi connectivity index (χ3v) is 5.47. The average Bonchev–Trinajstić information content (AvgIpc) is 3.61. The second kappa shape index (κ2) is 9.95. The predicted octanol–water partition coefficient (Wildman–Crippen LogP) is 4.90. The molecular formula is C23H21F4N3O3S. The van der Waals surface area contributed by atoms with E-state index in [1.165, 1.54) is 36.2 Å². The topological polar surface area (TPSA) is 69.1 Å². The van der Waals surface area contributed by atoms with Gasteiger partial charge in [0.1, 0.15) is 12.7 Å². The maximum Gasteiger partial charge on any atom is 0.417 e. The number of benzene rings is 2. The summed E-state index contributed by atoms with van der Waals surface area (Å²) in [5, 5.41) is 8.89. The Balaban J connectivity index is 1.95. The van der Waals surface area contributed by atoms with Crippen LogP contribution in [0.4, 0.5) is 28.9 Å². The SMILES string of the molecule is CC(C)C(=O)N(C(=S)N(C)c1ccc(OCC2CO2)c(F)c1)c1ccc(C#N)c(C(F)(F)F)c1. The summed E-state index contributed by atoms with van der Waals surface area (Å²) in [4.78, 5) is 15.2. The lowest BCUT2D eigenvalue weighted by Crippen LogP contribution is -2.46. The van der Waals surface area contributed by atoms with Gasteiger partial charge in [-0.25, -0.2) is 4.39 Å². The van der Waals surface area contributed by atoms with Crippen LogP contribution in [0.1, 0.15) is 25.0 Å². The van der Waals surface area contributed by atoms with Gasteiger partial charge in [0.25, 0.3) is 0 Å². The summed E-state index contributed by atoms with van der Waals surface area (Å²) in [7, 11) is 1.46. The number of carbonyl (C=O) groups is 1. The standard InChI is InChI=1S/C23H21F4N3O3S/c1-13(2)21(31)30(16-5-4-14(10-28)18(8-16)23(25,26)27)22(34)29(3)15-6-7-20(19(24)9-15)33-12-17-11-32-17/h4-9,13,17H,11-12H2,1-3H3. The van der Waals surface area contributed by atoms with Crippen molar-refractivity contribution in [2.24, 2.45) is 5.92 Å². The molecule has 1 aliphatic heterocycles. The number of amides is 1. The van der Waals surface area contributed by atoms with Crippen molar-refractivity contribution in [2.75, 3.05) is 30.1 Å². The summed E-state index contributed by atoms with van der Waals surface area (Å²) >= 11 is 5.44. The minimum absolute atomic E-state index is 0.00981. The summed E-state index contributed by atoms with van der Waals surface area (Å²) < 4.78 is 65.4. The van der Waals surface area contributed by atoms with Crippen LogP contribution in [0.25, 0.3) is 0 Å². The number of hydrogen-bond acceptors (Lipinski definition) is 5. The van der Waals surface area contributed by atoms with Gasteiger partial charge in [-0.05, 0) is 42.5 Å². The molecule has 1 atom stereocenters. The zero-order valence-corrected chi connectivity index (χ0v) is 19.3. The van der Waals surface area contributed by atoms with Crippen LogP contribution >= 0.6 is 12.2 Å². The highest BCUT2D eigenvalue weighted by Gasteiger charge is 2.36. The molecule has 0 N–H and O–H groups in total. The van der Waals surface area contributed by atoms with Crippen molar-refractivity contribution < 1.29 is 31.8 Å². The van der Waals surface area contributed by atoms with Crippen molar-refractivity contribution in [2.45, 2.75) is 26.1 Å². The van der Waals surface area contributed by atoms with Crippen LogP contribution in [-0.2, 0) is 15.7 Å². The first kappa shape index (κ1) is 25.4. The summed E-state index contributed by atoms with van der Waals surface area (Å²) in [5.41, 5.74) is -1.68.